The Hall–Kier alpha value is -1.25. The molecular weight excluding hydrogens is 114 g/mol. The Balaban J connectivity index is 2.92. The van der Waals surface area contributed by atoms with Crippen molar-refractivity contribution in [2.24, 2.45) is 0 Å². The van der Waals surface area contributed by atoms with Crippen LogP contribution >= 0.6 is 0 Å². The molecule has 0 bridgehead atoms. The molecule has 0 spiro atoms. The molecule has 0 aliphatic carbocycles. The first-order valence-corrected chi connectivity index (χ1v) is 2.85. The highest BCUT2D eigenvalue weighted by Gasteiger charge is 1.95. The molecule has 0 fully saturated rings. The summed E-state index contributed by atoms with van der Waals surface area (Å²) in [7, 11) is 0. The topological polar surface area (TPSA) is 44.5 Å². The number of fused-ring (bicyclic) bond motifs is 1. The van der Waals surface area contributed by atoms with E-state index in [1.807, 2.05) is 13.0 Å². The molecule has 0 saturated heterocycles. The minimum Gasteiger partial charge on any atom is -0.356 e. The van der Waals surface area contributed by atoms with Gasteiger partial charge in [0.25, 0.3) is 0 Å². The maximum atomic E-state index is 3.85. The smallest absolute Gasteiger partial charge is 0.0841 e. The average Bonchev–Trinajstić information content (AvgIpc) is 2.22. The van der Waals surface area contributed by atoms with Crippen LogP contribution in [0.4, 0.5) is 0 Å². The summed E-state index contributed by atoms with van der Waals surface area (Å²) in [5.41, 5.74) is 3.32. The zero-order valence-electron chi connectivity index (χ0n) is 5.10. The van der Waals surface area contributed by atoms with E-state index in [2.05, 4.69) is 15.2 Å². The molecule has 0 radical (unpaired) electrons. The van der Waals surface area contributed by atoms with Gasteiger partial charge in [0, 0.05) is 5.69 Å². The monoisotopic (exact) mass is 121 g/mol. The standard InChI is InChI=1S/C6H7N3/c1-4-2-5-6(8-4)3-7-9-5/h2-3,8H,1H3,(H,7,9). The summed E-state index contributed by atoms with van der Waals surface area (Å²) < 4.78 is 0. The van der Waals surface area contributed by atoms with Crippen LogP contribution in [0.3, 0.4) is 0 Å². The van der Waals surface area contributed by atoms with E-state index < -0.39 is 0 Å². The molecule has 3 nitrogen and oxygen atoms in total. The van der Waals surface area contributed by atoms with E-state index in [4.69, 9.17) is 0 Å². The van der Waals surface area contributed by atoms with Crippen molar-refractivity contribution in [1.29, 1.82) is 0 Å². The van der Waals surface area contributed by atoms with Gasteiger partial charge in [-0.25, -0.2) is 0 Å². The van der Waals surface area contributed by atoms with Crippen LogP contribution in [-0.2, 0) is 0 Å². The Kier molecular flexibility index (Phi) is 0.704. The normalized spacial score (nSPS) is 10.8. The molecule has 9 heavy (non-hydrogen) atoms. The van der Waals surface area contributed by atoms with E-state index in [0.717, 1.165) is 11.0 Å². The average molecular weight is 121 g/mol. The van der Waals surface area contributed by atoms with E-state index in [0.29, 0.717) is 0 Å². The lowest BCUT2D eigenvalue weighted by molar-refractivity contribution is 1.11. The predicted octanol–water partition coefficient (Wildman–Crippen LogP) is 1.20. The third kappa shape index (κ3) is 0.543. The molecule has 46 valence electrons. The molecule has 0 aliphatic heterocycles. The van der Waals surface area contributed by atoms with Crippen LogP contribution in [0.15, 0.2) is 12.3 Å². The Morgan fingerprint density at radius 2 is 2.33 bits per heavy atom. The summed E-state index contributed by atoms with van der Waals surface area (Å²) in [5.74, 6) is 0. The van der Waals surface area contributed by atoms with Crippen molar-refractivity contribution in [2.45, 2.75) is 6.92 Å². The predicted molar refractivity (Wildman–Crippen MR) is 35.2 cm³/mol. The first-order valence-electron chi connectivity index (χ1n) is 2.85. The molecule has 0 aromatic carbocycles. The SMILES string of the molecule is Cc1cc2[nH]ncc2[nH]1. The number of nitrogens with one attached hydrogen (secondary N) is 2. The second kappa shape index (κ2) is 1.37. The van der Waals surface area contributed by atoms with E-state index in [1.165, 1.54) is 5.69 Å². The summed E-state index contributed by atoms with van der Waals surface area (Å²) in [4.78, 5) is 3.14. The van der Waals surface area contributed by atoms with Gasteiger partial charge in [0.15, 0.2) is 0 Å². The number of aromatic nitrogens is 3. The first-order chi connectivity index (χ1) is 4.36. The second-order valence-electron chi connectivity index (χ2n) is 2.15. The Morgan fingerprint density at radius 3 is 3.11 bits per heavy atom. The maximum Gasteiger partial charge on any atom is 0.0841 e. The van der Waals surface area contributed by atoms with Gasteiger partial charge in [-0.3, -0.25) is 5.10 Å². The van der Waals surface area contributed by atoms with Crippen molar-refractivity contribution < 1.29 is 0 Å². The number of H-pyrrole nitrogens is 2. The van der Waals surface area contributed by atoms with Crippen LogP contribution in [0.1, 0.15) is 5.69 Å². The van der Waals surface area contributed by atoms with Gasteiger partial charge in [0.2, 0.25) is 0 Å². The van der Waals surface area contributed by atoms with Gasteiger partial charge in [0.05, 0.1) is 17.2 Å². The molecule has 0 unspecified atom stereocenters. The van der Waals surface area contributed by atoms with E-state index in [-0.39, 0.29) is 0 Å². The van der Waals surface area contributed by atoms with Crippen LogP contribution in [-0.4, -0.2) is 15.2 Å². The van der Waals surface area contributed by atoms with E-state index in [9.17, 15) is 0 Å². The van der Waals surface area contributed by atoms with Gasteiger partial charge in [-0.2, -0.15) is 5.10 Å². The van der Waals surface area contributed by atoms with Gasteiger partial charge < -0.3 is 4.98 Å². The molecule has 0 atom stereocenters. The lowest BCUT2D eigenvalue weighted by Crippen LogP contribution is -1.65. The zero-order chi connectivity index (χ0) is 6.27. The summed E-state index contributed by atoms with van der Waals surface area (Å²) in [6, 6.07) is 2.03. The van der Waals surface area contributed by atoms with Crippen molar-refractivity contribution in [1.82, 2.24) is 15.2 Å². The second-order valence-corrected chi connectivity index (χ2v) is 2.15. The number of nitrogens with zero attached hydrogens (tertiary/aromatic N) is 1. The van der Waals surface area contributed by atoms with Crippen LogP contribution in [0.2, 0.25) is 0 Å². The van der Waals surface area contributed by atoms with Crippen molar-refractivity contribution in [3.05, 3.63) is 18.0 Å². The minimum absolute atomic E-state index is 1.08. The third-order valence-corrected chi connectivity index (χ3v) is 1.36. The zero-order valence-corrected chi connectivity index (χ0v) is 5.10. The fourth-order valence-corrected chi connectivity index (χ4v) is 0.971. The first kappa shape index (κ1) is 4.61. The third-order valence-electron chi connectivity index (χ3n) is 1.36. The van der Waals surface area contributed by atoms with E-state index in [1.54, 1.807) is 6.20 Å². The highest BCUT2D eigenvalue weighted by Crippen LogP contribution is 2.09. The quantitative estimate of drug-likeness (QED) is 0.540. The van der Waals surface area contributed by atoms with Gasteiger partial charge in [0.1, 0.15) is 0 Å². The molecule has 2 aromatic heterocycles. The van der Waals surface area contributed by atoms with Crippen LogP contribution in [0.25, 0.3) is 11.0 Å². The highest BCUT2D eigenvalue weighted by atomic mass is 15.1. The Labute approximate surface area is 52.1 Å². The number of hydrogen-bond donors (Lipinski definition) is 2. The van der Waals surface area contributed by atoms with Crippen LogP contribution in [0, 0.1) is 6.92 Å². The summed E-state index contributed by atoms with van der Waals surface area (Å²) >= 11 is 0. The molecule has 2 rings (SSSR count). The minimum atomic E-state index is 1.08. The molecule has 0 saturated carbocycles. The fourth-order valence-electron chi connectivity index (χ4n) is 0.971. The van der Waals surface area contributed by atoms with Gasteiger partial charge in [-0.1, -0.05) is 0 Å². The molecule has 2 N–H and O–H groups in total. The number of hydrogen-bond acceptors (Lipinski definition) is 1. The van der Waals surface area contributed by atoms with Crippen molar-refractivity contribution in [3.8, 4) is 0 Å². The lowest BCUT2D eigenvalue weighted by Gasteiger charge is -1.74. The number of aromatic amines is 2. The fraction of sp³-hybridized carbons (Fsp3) is 0.167. The molecule has 3 heteroatoms. The van der Waals surface area contributed by atoms with Crippen molar-refractivity contribution in [2.75, 3.05) is 0 Å². The molecule has 0 aliphatic rings. The molecular formula is C6H7N3. The largest absolute Gasteiger partial charge is 0.356 e. The number of rotatable bonds is 0. The maximum absolute atomic E-state index is 3.85. The molecule has 2 aromatic rings. The van der Waals surface area contributed by atoms with Gasteiger partial charge in [-0.15, -0.1) is 0 Å². The number of aryl methyl sites for hydroxylation is 1. The molecule has 0 amide bonds. The van der Waals surface area contributed by atoms with E-state index >= 15 is 0 Å². The molecule has 2 heterocycles. The van der Waals surface area contributed by atoms with Crippen molar-refractivity contribution >= 4 is 11.0 Å². The highest BCUT2D eigenvalue weighted by molar-refractivity contribution is 5.74. The van der Waals surface area contributed by atoms with Crippen molar-refractivity contribution in [3.63, 3.8) is 0 Å². The summed E-state index contributed by atoms with van der Waals surface area (Å²) in [6.45, 7) is 2.02. The summed E-state index contributed by atoms with van der Waals surface area (Å²) in [6.07, 6.45) is 1.78. The Morgan fingerprint density at radius 1 is 1.44 bits per heavy atom. The van der Waals surface area contributed by atoms with Gasteiger partial charge in [-0.05, 0) is 13.0 Å². The Bertz CT molecular complexity index is 289. The van der Waals surface area contributed by atoms with Crippen LogP contribution < -0.4 is 0 Å². The lowest BCUT2D eigenvalue weighted by atomic mass is 10.4. The van der Waals surface area contributed by atoms with Crippen LogP contribution in [0.5, 0.6) is 0 Å². The van der Waals surface area contributed by atoms with Gasteiger partial charge >= 0.3 is 0 Å². The summed E-state index contributed by atoms with van der Waals surface area (Å²) in [5, 5.41) is 6.71.